The molecular formula is C25H22N6O7S. The average Bonchev–Trinajstić information content (AvgIpc) is 3.66. The molecule has 1 aliphatic heterocycles. The van der Waals surface area contributed by atoms with E-state index in [1.165, 1.54) is 11.3 Å². The smallest absolute Gasteiger partial charge is 0.433 e. The Morgan fingerprint density at radius 2 is 1.82 bits per heavy atom. The number of nitrogens with one attached hydrogen (secondary N) is 2. The van der Waals surface area contributed by atoms with Crippen molar-refractivity contribution in [3.8, 4) is 5.75 Å². The maximum atomic E-state index is 13.2. The van der Waals surface area contributed by atoms with Crippen molar-refractivity contribution in [2.75, 3.05) is 20.2 Å². The van der Waals surface area contributed by atoms with E-state index < -0.39 is 22.6 Å². The number of thiazole rings is 1. The summed E-state index contributed by atoms with van der Waals surface area (Å²) in [7, 11) is 1.56. The number of rotatable bonds is 6. The fourth-order valence-corrected chi connectivity index (χ4v) is 5.25. The highest BCUT2D eigenvalue weighted by Gasteiger charge is 2.28. The average molecular weight is 551 g/mol. The number of amides is 3. The van der Waals surface area contributed by atoms with Crippen LogP contribution in [-0.2, 0) is 0 Å². The molecule has 0 atom stereocenters. The summed E-state index contributed by atoms with van der Waals surface area (Å²) in [6, 6.07) is 11.3. The molecule has 0 aliphatic carbocycles. The van der Waals surface area contributed by atoms with Gasteiger partial charge in [-0.1, -0.05) is 12.1 Å². The number of furan rings is 1. The third-order valence-corrected chi connectivity index (χ3v) is 7.30. The number of hydrazine groups is 1. The van der Waals surface area contributed by atoms with E-state index in [0.29, 0.717) is 42.9 Å². The zero-order valence-corrected chi connectivity index (χ0v) is 21.4. The predicted molar refractivity (Wildman–Crippen MR) is 139 cm³/mol. The topological polar surface area (TPSA) is 170 Å². The monoisotopic (exact) mass is 550 g/mol. The number of para-hydroxylation sites is 1. The largest absolute Gasteiger partial charge is 0.496 e. The lowest BCUT2D eigenvalue weighted by Crippen LogP contribution is -2.41. The van der Waals surface area contributed by atoms with Gasteiger partial charge in [-0.2, -0.15) is 0 Å². The Morgan fingerprint density at radius 1 is 1.08 bits per heavy atom. The zero-order valence-electron chi connectivity index (χ0n) is 20.6. The molecule has 4 heterocycles. The van der Waals surface area contributed by atoms with Crippen molar-refractivity contribution in [1.29, 1.82) is 0 Å². The van der Waals surface area contributed by atoms with Crippen molar-refractivity contribution in [3.05, 3.63) is 80.1 Å². The zero-order chi connectivity index (χ0) is 27.5. The minimum atomic E-state index is -0.845. The third-order valence-electron chi connectivity index (χ3n) is 6.29. The number of nitrogens with zero attached hydrogens (tertiary/aromatic N) is 4. The molecule has 39 heavy (non-hydrogen) atoms. The summed E-state index contributed by atoms with van der Waals surface area (Å²) < 4.78 is 10.3. The number of pyridine rings is 1. The molecule has 200 valence electrons. The Hall–Kier alpha value is -4.85. The van der Waals surface area contributed by atoms with Crippen LogP contribution >= 0.6 is 11.3 Å². The Bertz CT molecular complexity index is 1570. The van der Waals surface area contributed by atoms with Crippen molar-refractivity contribution in [2.45, 2.75) is 18.8 Å². The first-order chi connectivity index (χ1) is 18.8. The number of hydrogen-bond donors (Lipinski definition) is 2. The minimum absolute atomic E-state index is 0.0676. The minimum Gasteiger partial charge on any atom is -0.496 e. The molecule has 1 aliphatic rings. The maximum Gasteiger partial charge on any atom is 0.433 e. The lowest BCUT2D eigenvalue weighted by Gasteiger charge is -2.31. The van der Waals surface area contributed by atoms with Gasteiger partial charge in [0.1, 0.15) is 22.1 Å². The van der Waals surface area contributed by atoms with Crippen molar-refractivity contribution in [1.82, 2.24) is 25.7 Å². The summed E-state index contributed by atoms with van der Waals surface area (Å²) in [4.78, 5) is 58.3. The van der Waals surface area contributed by atoms with Gasteiger partial charge in [-0.15, -0.1) is 11.3 Å². The molecule has 0 bridgehead atoms. The molecule has 1 aromatic carbocycles. The van der Waals surface area contributed by atoms with E-state index in [-0.39, 0.29) is 23.3 Å². The highest BCUT2D eigenvalue weighted by Crippen LogP contribution is 2.32. The van der Waals surface area contributed by atoms with Crippen LogP contribution in [0.4, 0.5) is 5.88 Å². The molecular weight excluding hydrogens is 528 g/mol. The fraction of sp³-hybridized carbons (Fsp3) is 0.240. The SMILES string of the molecule is COc1cc(C(=O)N2CCC(c3nc(C(=O)NNC(=O)c4ccc([N+](=O)[O-])o4)cs3)CC2)nc2ccccc12. The standard InChI is InChI=1S/C25H22N6O7S/c1-37-20-12-17(26-16-5-3-2-4-15(16)20)25(34)30-10-8-14(9-11-30)24-27-18(13-39-24)22(32)28-29-23(33)19-6-7-21(38-19)31(35)36/h2-7,12-14H,8-11H2,1H3,(H,28,32)(H,29,33). The first kappa shape index (κ1) is 25.8. The Morgan fingerprint density at radius 3 is 2.54 bits per heavy atom. The van der Waals surface area contributed by atoms with Crippen molar-refractivity contribution in [3.63, 3.8) is 0 Å². The molecule has 14 heteroatoms. The Labute approximate surface area is 224 Å². The van der Waals surface area contributed by atoms with E-state index in [9.17, 15) is 24.5 Å². The number of carbonyl (C=O) groups excluding carboxylic acids is 3. The van der Waals surface area contributed by atoms with Gasteiger partial charge in [-0.05, 0) is 31.0 Å². The summed E-state index contributed by atoms with van der Waals surface area (Å²) in [5.74, 6) is -1.91. The van der Waals surface area contributed by atoms with Gasteiger partial charge in [0.25, 0.3) is 11.8 Å². The maximum absolute atomic E-state index is 13.2. The van der Waals surface area contributed by atoms with Crippen LogP contribution in [-0.4, -0.2) is 57.7 Å². The van der Waals surface area contributed by atoms with E-state index in [2.05, 4.69) is 20.8 Å². The number of carbonyl (C=O) groups is 3. The van der Waals surface area contributed by atoms with Gasteiger partial charge in [-0.25, -0.2) is 9.97 Å². The quantitative estimate of drug-likeness (QED) is 0.270. The van der Waals surface area contributed by atoms with E-state index in [4.69, 9.17) is 9.15 Å². The van der Waals surface area contributed by atoms with Crippen LogP contribution in [0.2, 0.25) is 0 Å². The molecule has 0 unspecified atom stereocenters. The Balaban J connectivity index is 1.16. The molecule has 2 N–H and O–H groups in total. The number of nitro groups is 1. The van der Waals surface area contributed by atoms with Crippen LogP contribution in [0, 0.1) is 10.1 Å². The van der Waals surface area contributed by atoms with Gasteiger partial charge in [0, 0.05) is 35.8 Å². The van der Waals surface area contributed by atoms with Crippen LogP contribution in [0.3, 0.4) is 0 Å². The summed E-state index contributed by atoms with van der Waals surface area (Å²) >= 11 is 1.32. The fourth-order valence-electron chi connectivity index (χ4n) is 4.28. The summed E-state index contributed by atoms with van der Waals surface area (Å²) in [6.45, 7) is 1.01. The number of methoxy groups -OCH3 is 1. The number of ether oxygens (including phenoxy) is 1. The number of fused-ring (bicyclic) bond motifs is 1. The van der Waals surface area contributed by atoms with Crippen LogP contribution in [0.15, 0.2) is 52.3 Å². The molecule has 3 aromatic heterocycles. The first-order valence-electron chi connectivity index (χ1n) is 11.9. The molecule has 4 aromatic rings. The molecule has 0 radical (unpaired) electrons. The van der Waals surface area contributed by atoms with Crippen LogP contribution in [0.1, 0.15) is 55.3 Å². The number of benzene rings is 1. The van der Waals surface area contributed by atoms with Crippen LogP contribution < -0.4 is 15.6 Å². The van der Waals surface area contributed by atoms with E-state index in [1.54, 1.807) is 23.5 Å². The van der Waals surface area contributed by atoms with Crippen molar-refractivity contribution < 1.29 is 28.5 Å². The number of hydrogen-bond acceptors (Lipinski definition) is 10. The van der Waals surface area contributed by atoms with E-state index in [1.807, 2.05) is 24.3 Å². The highest BCUT2D eigenvalue weighted by atomic mass is 32.1. The van der Waals surface area contributed by atoms with Gasteiger partial charge in [0.15, 0.2) is 0 Å². The molecule has 3 amide bonds. The number of aromatic nitrogens is 2. The van der Waals surface area contributed by atoms with Crippen molar-refractivity contribution in [2.24, 2.45) is 0 Å². The van der Waals surface area contributed by atoms with Crippen molar-refractivity contribution >= 4 is 45.8 Å². The summed E-state index contributed by atoms with van der Waals surface area (Å²) in [5.41, 5.74) is 5.49. The van der Waals surface area contributed by atoms with E-state index in [0.717, 1.165) is 22.5 Å². The molecule has 13 nitrogen and oxygen atoms in total. The highest BCUT2D eigenvalue weighted by molar-refractivity contribution is 7.09. The molecule has 1 fully saturated rings. The lowest BCUT2D eigenvalue weighted by molar-refractivity contribution is -0.402. The van der Waals surface area contributed by atoms with Gasteiger partial charge < -0.3 is 14.1 Å². The summed E-state index contributed by atoms with van der Waals surface area (Å²) in [6.07, 6.45) is 1.33. The predicted octanol–water partition coefficient (Wildman–Crippen LogP) is 3.30. The molecule has 1 saturated heterocycles. The molecule has 5 rings (SSSR count). The van der Waals surface area contributed by atoms with Crippen LogP contribution in [0.25, 0.3) is 10.9 Å². The molecule has 0 saturated carbocycles. The lowest BCUT2D eigenvalue weighted by atomic mass is 9.97. The van der Waals surface area contributed by atoms with Gasteiger partial charge in [-0.3, -0.25) is 35.3 Å². The number of likely N-dealkylation sites (tertiary alicyclic amines) is 1. The second kappa shape index (κ2) is 10.9. The second-order valence-corrected chi connectivity index (χ2v) is 9.56. The second-order valence-electron chi connectivity index (χ2n) is 8.67. The summed E-state index contributed by atoms with van der Waals surface area (Å²) in [5, 5.41) is 13.9. The van der Waals surface area contributed by atoms with Crippen LogP contribution in [0.5, 0.6) is 5.75 Å². The number of piperidine rings is 1. The van der Waals surface area contributed by atoms with E-state index >= 15 is 0 Å². The van der Waals surface area contributed by atoms with Gasteiger partial charge >= 0.3 is 11.8 Å². The van der Waals surface area contributed by atoms with Gasteiger partial charge in [0.05, 0.1) is 23.7 Å². The normalized spacial score (nSPS) is 13.7. The molecule has 0 spiro atoms. The Kier molecular flexibility index (Phi) is 7.19. The van der Waals surface area contributed by atoms with Gasteiger partial charge in [0.2, 0.25) is 5.76 Å². The third kappa shape index (κ3) is 5.40. The first-order valence-corrected chi connectivity index (χ1v) is 12.8.